The summed E-state index contributed by atoms with van der Waals surface area (Å²) in [6.45, 7) is 1.04. The Hall–Kier alpha value is -2.12. The molecule has 27 heavy (non-hydrogen) atoms. The molecule has 2 aromatic rings. The van der Waals surface area contributed by atoms with Crippen molar-refractivity contribution in [1.29, 1.82) is 0 Å². The number of aromatic nitrogens is 2. The van der Waals surface area contributed by atoms with Gasteiger partial charge in [-0.05, 0) is 37.7 Å². The SMILES string of the molecule is O=C(CSc1nc(=O)n(CCCO)c2c1CCCC2)NCc1ccccc1. The number of aliphatic hydroxyl groups is 1. The molecule has 1 aromatic carbocycles. The van der Waals surface area contributed by atoms with E-state index in [1.807, 2.05) is 30.3 Å². The van der Waals surface area contributed by atoms with Crippen LogP contribution >= 0.6 is 11.8 Å². The molecule has 144 valence electrons. The standard InChI is InChI=1S/C20H25N3O3S/c24-12-6-11-23-17-10-5-4-9-16(17)19(22-20(23)26)27-14-18(25)21-13-15-7-2-1-3-8-15/h1-3,7-8,24H,4-6,9-14H2,(H,21,25). The van der Waals surface area contributed by atoms with Crippen molar-refractivity contribution >= 4 is 17.7 Å². The van der Waals surface area contributed by atoms with Gasteiger partial charge in [-0.3, -0.25) is 9.36 Å². The Morgan fingerprint density at radius 2 is 2.00 bits per heavy atom. The molecule has 0 spiro atoms. The van der Waals surface area contributed by atoms with E-state index in [0.29, 0.717) is 24.5 Å². The molecule has 0 radical (unpaired) electrons. The first-order valence-electron chi connectivity index (χ1n) is 9.36. The van der Waals surface area contributed by atoms with Gasteiger partial charge < -0.3 is 10.4 Å². The number of nitrogens with zero attached hydrogens (tertiary/aromatic N) is 2. The first-order valence-corrected chi connectivity index (χ1v) is 10.3. The fourth-order valence-corrected chi connectivity index (χ4v) is 4.21. The molecule has 7 heteroatoms. The molecule has 1 heterocycles. The number of thioether (sulfide) groups is 1. The smallest absolute Gasteiger partial charge is 0.348 e. The van der Waals surface area contributed by atoms with E-state index in [-0.39, 0.29) is 24.0 Å². The zero-order valence-electron chi connectivity index (χ0n) is 15.3. The molecule has 0 aliphatic heterocycles. The van der Waals surface area contributed by atoms with Crippen LogP contribution in [0.1, 0.15) is 36.1 Å². The summed E-state index contributed by atoms with van der Waals surface area (Å²) in [5, 5.41) is 12.7. The predicted octanol–water partition coefficient (Wildman–Crippen LogP) is 1.91. The minimum Gasteiger partial charge on any atom is -0.396 e. The fraction of sp³-hybridized carbons (Fsp3) is 0.450. The van der Waals surface area contributed by atoms with E-state index in [4.69, 9.17) is 5.11 Å². The van der Waals surface area contributed by atoms with Gasteiger partial charge in [0.1, 0.15) is 5.03 Å². The molecule has 1 aromatic heterocycles. The molecule has 0 atom stereocenters. The minimum atomic E-state index is -0.281. The third kappa shape index (κ3) is 5.20. The highest BCUT2D eigenvalue weighted by Crippen LogP contribution is 2.28. The third-order valence-corrected chi connectivity index (χ3v) is 5.68. The quantitative estimate of drug-likeness (QED) is 0.534. The maximum Gasteiger partial charge on any atom is 0.348 e. The number of benzene rings is 1. The normalized spacial score (nSPS) is 13.2. The molecule has 3 rings (SSSR count). The van der Waals surface area contributed by atoms with Gasteiger partial charge in [-0.2, -0.15) is 4.98 Å². The van der Waals surface area contributed by atoms with Gasteiger partial charge in [0, 0.05) is 31.0 Å². The number of rotatable bonds is 8. The first-order chi connectivity index (χ1) is 13.2. The van der Waals surface area contributed by atoms with Gasteiger partial charge in [0.05, 0.1) is 5.75 Å². The number of nitrogens with one attached hydrogen (secondary N) is 1. The number of hydrogen-bond donors (Lipinski definition) is 2. The summed E-state index contributed by atoms with van der Waals surface area (Å²) in [7, 11) is 0. The van der Waals surface area contributed by atoms with Gasteiger partial charge in [0.25, 0.3) is 0 Å². The lowest BCUT2D eigenvalue weighted by atomic mass is 9.97. The van der Waals surface area contributed by atoms with Gasteiger partial charge in [-0.15, -0.1) is 0 Å². The Kier molecular flexibility index (Phi) is 7.06. The second-order valence-electron chi connectivity index (χ2n) is 6.61. The van der Waals surface area contributed by atoms with Crippen molar-refractivity contribution in [2.75, 3.05) is 12.4 Å². The van der Waals surface area contributed by atoms with E-state index < -0.39 is 0 Å². The van der Waals surface area contributed by atoms with E-state index in [9.17, 15) is 9.59 Å². The van der Waals surface area contributed by atoms with Crippen molar-refractivity contribution in [3.8, 4) is 0 Å². The second kappa shape index (κ2) is 9.71. The predicted molar refractivity (Wildman–Crippen MR) is 106 cm³/mol. The molecule has 0 saturated carbocycles. The number of hydrogen-bond acceptors (Lipinski definition) is 5. The van der Waals surface area contributed by atoms with Crippen molar-refractivity contribution in [3.05, 3.63) is 57.6 Å². The summed E-state index contributed by atoms with van der Waals surface area (Å²) < 4.78 is 1.70. The molecule has 6 nitrogen and oxygen atoms in total. The zero-order valence-corrected chi connectivity index (χ0v) is 16.1. The first kappa shape index (κ1) is 19.6. The van der Waals surface area contributed by atoms with Crippen LogP contribution in [0.2, 0.25) is 0 Å². The number of amides is 1. The van der Waals surface area contributed by atoms with Crippen LogP contribution in [-0.2, 0) is 30.7 Å². The molecule has 0 unspecified atom stereocenters. The van der Waals surface area contributed by atoms with E-state index >= 15 is 0 Å². The molecule has 1 aliphatic rings. The van der Waals surface area contributed by atoms with Gasteiger partial charge in [0.2, 0.25) is 5.91 Å². The monoisotopic (exact) mass is 387 g/mol. The fourth-order valence-electron chi connectivity index (χ4n) is 3.31. The molecule has 2 N–H and O–H groups in total. The average Bonchev–Trinajstić information content (AvgIpc) is 2.71. The van der Waals surface area contributed by atoms with Gasteiger partial charge in [0.15, 0.2) is 0 Å². The van der Waals surface area contributed by atoms with Crippen LogP contribution in [0.5, 0.6) is 0 Å². The summed E-state index contributed by atoms with van der Waals surface area (Å²) in [5.74, 6) is 0.173. The molecule has 0 bridgehead atoms. The van der Waals surface area contributed by atoms with Crippen LogP contribution in [0.4, 0.5) is 0 Å². The molecular formula is C20H25N3O3S. The Morgan fingerprint density at radius 1 is 1.22 bits per heavy atom. The third-order valence-electron chi connectivity index (χ3n) is 4.66. The summed E-state index contributed by atoms with van der Waals surface area (Å²) in [4.78, 5) is 28.8. The molecule has 1 amide bonds. The van der Waals surface area contributed by atoms with Crippen LogP contribution in [0.15, 0.2) is 40.2 Å². The minimum absolute atomic E-state index is 0.0549. The van der Waals surface area contributed by atoms with E-state index in [1.165, 1.54) is 11.8 Å². The maximum absolute atomic E-state index is 12.4. The number of carbonyl (C=O) groups excluding carboxylic acids is 1. The van der Waals surface area contributed by atoms with E-state index in [0.717, 1.165) is 42.5 Å². The van der Waals surface area contributed by atoms with Gasteiger partial charge in [-0.25, -0.2) is 4.79 Å². The second-order valence-corrected chi connectivity index (χ2v) is 7.58. The summed E-state index contributed by atoms with van der Waals surface area (Å²) in [5.41, 5.74) is 2.90. The number of carbonyl (C=O) groups is 1. The van der Waals surface area contributed by atoms with Crippen LogP contribution < -0.4 is 11.0 Å². The number of aliphatic hydroxyl groups excluding tert-OH is 1. The Labute approximate surface area is 163 Å². The maximum atomic E-state index is 12.4. The Morgan fingerprint density at radius 3 is 2.78 bits per heavy atom. The zero-order chi connectivity index (χ0) is 19.1. The largest absolute Gasteiger partial charge is 0.396 e. The average molecular weight is 388 g/mol. The van der Waals surface area contributed by atoms with Crippen molar-refractivity contribution < 1.29 is 9.90 Å². The summed E-state index contributed by atoms with van der Waals surface area (Å²) in [6.07, 6.45) is 4.41. The topological polar surface area (TPSA) is 84.2 Å². The van der Waals surface area contributed by atoms with Crippen LogP contribution in [0.3, 0.4) is 0 Å². The van der Waals surface area contributed by atoms with Gasteiger partial charge >= 0.3 is 5.69 Å². The summed E-state index contributed by atoms with van der Waals surface area (Å²) in [6, 6.07) is 9.77. The van der Waals surface area contributed by atoms with Crippen LogP contribution in [-0.4, -0.2) is 32.9 Å². The van der Waals surface area contributed by atoms with Crippen LogP contribution in [0.25, 0.3) is 0 Å². The molecule has 0 saturated heterocycles. The Balaban J connectivity index is 1.66. The highest BCUT2D eigenvalue weighted by atomic mass is 32.2. The van der Waals surface area contributed by atoms with Gasteiger partial charge in [-0.1, -0.05) is 42.1 Å². The molecular weight excluding hydrogens is 362 g/mol. The highest BCUT2D eigenvalue weighted by Gasteiger charge is 2.20. The van der Waals surface area contributed by atoms with Crippen molar-refractivity contribution in [3.63, 3.8) is 0 Å². The lowest BCUT2D eigenvalue weighted by Gasteiger charge is -2.22. The highest BCUT2D eigenvalue weighted by molar-refractivity contribution is 7.99. The summed E-state index contributed by atoms with van der Waals surface area (Å²) >= 11 is 1.34. The molecule has 1 aliphatic carbocycles. The van der Waals surface area contributed by atoms with Crippen molar-refractivity contribution in [1.82, 2.24) is 14.9 Å². The lowest BCUT2D eigenvalue weighted by Crippen LogP contribution is -2.31. The lowest BCUT2D eigenvalue weighted by molar-refractivity contribution is -0.118. The van der Waals surface area contributed by atoms with E-state index in [1.54, 1.807) is 4.57 Å². The number of fused-ring (bicyclic) bond motifs is 1. The molecule has 0 fully saturated rings. The van der Waals surface area contributed by atoms with Crippen LogP contribution in [0, 0.1) is 0 Å². The van der Waals surface area contributed by atoms with E-state index in [2.05, 4.69) is 10.3 Å². The van der Waals surface area contributed by atoms with Crippen molar-refractivity contribution in [2.24, 2.45) is 0 Å². The Bertz CT molecular complexity index is 836. The van der Waals surface area contributed by atoms with Crippen molar-refractivity contribution in [2.45, 2.75) is 50.2 Å².